The number of hydrogen-bond acceptors (Lipinski definition) is 8. The molecule has 210 valence electrons. The number of carbonyl (C=O) groups excluding carboxylic acids is 3. The van der Waals surface area contributed by atoms with Crippen LogP contribution in [0.25, 0.3) is 21.9 Å². The number of rotatable bonds is 8. The molecule has 0 bridgehead atoms. The average Bonchev–Trinajstić information content (AvgIpc) is 3.28. The number of amides is 1. The van der Waals surface area contributed by atoms with Gasteiger partial charge in [-0.05, 0) is 49.8 Å². The van der Waals surface area contributed by atoms with Gasteiger partial charge in [0.15, 0.2) is 6.10 Å². The Balaban J connectivity index is 1.72. The van der Waals surface area contributed by atoms with Crippen molar-refractivity contribution in [2.24, 2.45) is 7.05 Å². The third kappa shape index (κ3) is 5.62. The van der Waals surface area contributed by atoms with Crippen LogP contribution in [-0.2, 0) is 21.3 Å². The average molecular weight is 572 g/mol. The molecule has 4 rings (SSSR count). The van der Waals surface area contributed by atoms with E-state index < -0.39 is 23.9 Å². The van der Waals surface area contributed by atoms with Crippen LogP contribution in [-0.4, -0.2) is 35.1 Å². The number of pyridine rings is 1. The molecular formula is C31H29N3O6S. The molecule has 10 heteroatoms. The van der Waals surface area contributed by atoms with Crippen molar-refractivity contribution in [3.8, 4) is 17.2 Å². The lowest BCUT2D eigenvalue weighted by Gasteiger charge is -2.20. The van der Waals surface area contributed by atoms with Crippen molar-refractivity contribution in [3.63, 3.8) is 0 Å². The van der Waals surface area contributed by atoms with Gasteiger partial charge in [0.1, 0.15) is 21.6 Å². The van der Waals surface area contributed by atoms with E-state index in [1.165, 1.54) is 11.6 Å². The van der Waals surface area contributed by atoms with Crippen molar-refractivity contribution < 1.29 is 23.9 Å². The fourth-order valence-corrected chi connectivity index (χ4v) is 5.60. The molecule has 0 spiro atoms. The first-order valence-corrected chi connectivity index (χ1v) is 13.9. The van der Waals surface area contributed by atoms with Crippen molar-refractivity contribution in [3.05, 3.63) is 86.1 Å². The second-order valence-corrected chi connectivity index (χ2v) is 10.4. The number of nitrogens with zero attached hydrogens (tertiary/aromatic N) is 2. The van der Waals surface area contributed by atoms with E-state index in [-0.39, 0.29) is 39.7 Å². The molecule has 0 saturated heterocycles. The lowest BCUT2D eigenvalue weighted by atomic mass is 9.96. The maximum absolute atomic E-state index is 13.7. The lowest BCUT2D eigenvalue weighted by molar-refractivity contribution is -0.124. The van der Waals surface area contributed by atoms with Crippen molar-refractivity contribution in [2.45, 2.75) is 40.2 Å². The van der Waals surface area contributed by atoms with Crippen molar-refractivity contribution in [1.82, 2.24) is 4.57 Å². The van der Waals surface area contributed by atoms with E-state index in [0.717, 1.165) is 16.9 Å². The number of hydrogen-bond donors (Lipinski definition) is 1. The van der Waals surface area contributed by atoms with E-state index in [1.807, 2.05) is 37.3 Å². The van der Waals surface area contributed by atoms with Gasteiger partial charge in [-0.3, -0.25) is 9.59 Å². The molecular weight excluding hydrogens is 542 g/mol. The van der Waals surface area contributed by atoms with Gasteiger partial charge in [-0.1, -0.05) is 55.0 Å². The number of aromatic nitrogens is 1. The Bertz CT molecular complexity index is 1760. The van der Waals surface area contributed by atoms with Crippen molar-refractivity contribution in [2.75, 3.05) is 11.9 Å². The molecule has 0 aliphatic carbocycles. The number of aryl methyl sites for hydroxylation is 1. The van der Waals surface area contributed by atoms with Gasteiger partial charge in [0.2, 0.25) is 0 Å². The molecule has 2 aromatic heterocycles. The van der Waals surface area contributed by atoms with E-state index in [4.69, 9.17) is 9.47 Å². The number of ether oxygens (including phenoxy) is 2. The van der Waals surface area contributed by atoms with E-state index in [1.54, 1.807) is 45.0 Å². The number of nitrogens with one attached hydrogen (secondary N) is 1. The third-order valence-electron chi connectivity index (χ3n) is 6.71. The Morgan fingerprint density at radius 1 is 1.02 bits per heavy atom. The Morgan fingerprint density at radius 2 is 1.68 bits per heavy atom. The smallest absolute Gasteiger partial charge is 0.356 e. The molecule has 2 heterocycles. The molecule has 1 N–H and O–H groups in total. The molecule has 0 radical (unpaired) electrons. The van der Waals surface area contributed by atoms with Gasteiger partial charge < -0.3 is 19.4 Å². The number of benzene rings is 2. The summed E-state index contributed by atoms with van der Waals surface area (Å²) in [6.07, 6.45) is -1.12. The Morgan fingerprint density at radius 3 is 2.29 bits per heavy atom. The maximum Gasteiger partial charge on any atom is 0.356 e. The van der Waals surface area contributed by atoms with Crippen LogP contribution >= 0.6 is 11.3 Å². The first-order chi connectivity index (χ1) is 19.6. The Labute approximate surface area is 240 Å². The minimum absolute atomic E-state index is 0.0121. The highest BCUT2D eigenvalue weighted by atomic mass is 32.1. The first kappa shape index (κ1) is 29.2. The fourth-order valence-electron chi connectivity index (χ4n) is 4.54. The predicted molar refractivity (Wildman–Crippen MR) is 157 cm³/mol. The summed E-state index contributed by atoms with van der Waals surface area (Å²) in [4.78, 5) is 52.8. The van der Waals surface area contributed by atoms with Crippen LogP contribution < -0.4 is 10.9 Å². The zero-order chi connectivity index (χ0) is 29.8. The molecule has 2 aromatic carbocycles. The highest BCUT2D eigenvalue weighted by Crippen LogP contribution is 2.34. The van der Waals surface area contributed by atoms with E-state index in [9.17, 15) is 24.4 Å². The zero-order valence-electron chi connectivity index (χ0n) is 23.4. The minimum atomic E-state index is -1.24. The maximum atomic E-state index is 13.7. The first-order valence-electron chi connectivity index (χ1n) is 13.0. The van der Waals surface area contributed by atoms with Gasteiger partial charge in [-0.15, -0.1) is 11.3 Å². The van der Waals surface area contributed by atoms with Gasteiger partial charge in [0.25, 0.3) is 11.5 Å². The van der Waals surface area contributed by atoms with E-state index in [0.29, 0.717) is 27.5 Å². The summed E-state index contributed by atoms with van der Waals surface area (Å²) < 4.78 is 12.0. The van der Waals surface area contributed by atoms with E-state index >= 15 is 0 Å². The fraction of sp³-hybridized carbons (Fsp3) is 0.258. The lowest BCUT2D eigenvalue weighted by Crippen LogP contribution is -2.34. The number of anilines is 1. The van der Waals surface area contributed by atoms with Crippen LogP contribution in [0, 0.1) is 25.2 Å². The van der Waals surface area contributed by atoms with Crippen molar-refractivity contribution >= 4 is 45.0 Å². The van der Waals surface area contributed by atoms with Crippen LogP contribution in [0.1, 0.15) is 57.1 Å². The molecule has 0 fully saturated rings. The van der Waals surface area contributed by atoms with Crippen LogP contribution in [0.4, 0.5) is 5.00 Å². The summed E-state index contributed by atoms with van der Waals surface area (Å²) in [6.45, 7) is 7.05. The van der Waals surface area contributed by atoms with Crippen LogP contribution in [0.2, 0.25) is 0 Å². The van der Waals surface area contributed by atoms with Gasteiger partial charge >= 0.3 is 11.9 Å². The quantitative estimate of drug-likeness (QED) is 0.276. The van der Waals surface area contributed by atoms with Crippen LogP contribution in [0.3, 0.4) is 0 Å². The standard InChI is InChI=1S/C31H29N3O6S/c1-6-23(27(35)33-28-22(16-32)18(4)26(41-28)31(38)39-7-2)40-30(37)25-24(19-14-12-17(3)13-15-19)20-10-8-9-11-21(20)29(36)34(25)5/h8-15,23H,6-7H2,1-5H3,(H,33,35). The largest absolute Gasteiger partial charge is 0.462 e. The summed E-state index contributed by atoms with van der Waals surface area (Å²) in [5.74, 6) is -2.11. The molecule has 0 aliphatic rings. The molecule has 4 aromatic rings. The molecule has 1 unspecified atom stereocenters. The van der Waals surface area contributed by atoms with Gasteiger partial charge in [-0.25, -0.2) is 9.59 Å². The summed E-state index contributed by atoms with van der Waals surface area (Å²) in [6, 6.07) is 16.6. The van der Waals surface area contributed by atoms with Gasteiger partial charge in [-0.2, -0.15) is 5.26 Å². The second-order valence-electron chi connectivity index (χ2n) is 9.38. The topological polar surface area (TPSA) is 127 Å². The highest BCUT2D eigenvalue weighted by molar-refractivity contribution is 7.18. The molecule has 41 heavy (non-hydrogen) atoms. The number of fused-ring (bicyclic) bond motifs is 1. The summed E-state index contributed by atoms with van der Waals surface area (Å²) in [5.41, 5.74) is 2.42. The number of esters is 2. The Hall–Kier alpha value is -4.75. The SMILES string of the molecule is CCOC(=O)c1sc(NC(=O)C(CC)OC(=O)c2c(-c3ccc(C)cc3)c3ccccc3c(=O)n2C)c(C#N)c1C. The van der Waals surface area contributed by atoms with Crippen molar-refractivity contribution in [1.29, 1.82) is 5.26 Å². The van der Waals surface area contributed by atoms with Gasteiger partial charge in [0, 0.05) is 18.0 Å². The molecule has 0 saturated carbocycles. The molecule has 1 amide bonds. The number of thiophene rings is 1. The Kier molecular flexibility index (Phi) is 8.69. The number of nitriles is 1. The molecule has 1 atom stereocenters. The monoisotopic (exact) mass is 571 g/mol. The summed E-state index contributed by atoms with van der Waals surface area (Å²) in [7, 11) is 1.49. The summed E-state index contributed by atoms with van der Waals surface area (Å²) in [5, 5.41) is 13.5. The van der Waals surface area contributed by atoms with Crippen LogP contribution in [0.15, 0.2) is 53.3 Å². The van der Waals surface area contributed by atoms with Gasteiger partial charge in [0.05, 0.1) is 12.2 Å². The molecule has 9 nitrogen and oxygen atoms in total. The normalized spacial score (nSPS) is 11.5. The highest BCUT2D eigenvalue weighted by Gasteiger charge is 2.29. The molecule has 0 aliphatic heterocycles. The van der Waals surface area contributed by atoms with E-state index in [2.05, 4.69) is 5.32 Å². The second kappa shape index (κ2) is 12.2. The zero-order valence-corrected chi connectivity index (χ0v) is 24.2. The number of carbonyl (C=O) groups is 3. The summed E-state index contributed by atoms with van der Waals surface area (Å²) >= 11 is 0.922. The third-order valence-corrected chi connectivity index (χ3v) is 7.89. The minimum Gasteiger partial charge on any atom is -0.462 e. The predicted octanol–water partition coefficient (Wildman–Crippen LogP) is 5.51. The van der Waals surface area contributed by atoms with Crippen LogP contribution in [0.5, 0.6) is 0 Å².